The van der Waals surface area contributed by atoms with Gasteiger partial charge in [0.05, 0.1) is 12.1 Å². The number of nitrogens with one attached hydrogen (secondary N) is 1. The number of hydrogen-bond donors (Lipinski definition) is 2. The molecule has 0 spiro atoms. The van der Waals surface area contributed by atoms with Crippen LogP contribution in [-0.4, -0.2) is 27.2 Å². The minimum Gasteiger partial charge on any atom is -0.394 e. The maximum Gasteiger partial charge on any atom is 0.130 e. The summed E-state index contributed by atoms with van der Waals surface area (Å²) >= 11 is 0. The maximum absolute atomic E-state index is 9.47. The van der Waals surface area contributed by atoms with Crippen molar-refractivity contribution >= 4 is 5.82 Å². The molecule has 2 N–H and O–H groups in total. The molecule has 90 valence electrons. The van der Waals surface area contributed by atoms with Gasteiger partial charge in [-0.25, -0.2) is 9.97 Å². The van der Waals surface area contributed by atoms with Crippen molar-refractivity contribution in [2.75, 3.05) is 11.9 Å². The summed E-state index contributed by atoms with van der Waals surface area (Å²) in [6.07, 6.45) is 1.73. The van der Waals surface area contributed by atoms with Gasteiger partial charge in [-0.05, 0) is 26.7 Å². The summed E-state index contributed by atoms with van der Waals surface area (Å²) in [6.45, 7) is 8.05. The first kappa shape index (κ1) is 12.9. The standard InChI is InChI=1S/C12H21N3O/c1-5-12(6-2,8-16)15-11-7-9(3)13-10(4)14-11/h7,16H,5-6,8H2,1-4H3,(H,13,14,15). The van der Waals surface area contributed by atoms with Crippen LogP contribution in [0.3, 0.4) is 0 Å². The van der Waals surface area contributed by atoms with Crippen molar-refractivity contribution in [1.29, 1.82) is 0 Å². The second kappa shape index (κ2) is 5.25. The van der Waals surface area contributed by atoms with E-state index in [0.29, 0.717) is 0 Å². The van der Waals surface area contributed by atoms with Crippen LogP contribution in [0.15, 0.2) is 6.07 Å². The molecular weight excluding hydrogens is 202 g/mol. The Bertz CT molecular complexity index is 320. The fourth-order valence-corrected chi connectivity index (χ4v) is 1.74. The summed E-state index contributed by atoms with van der Waals surface area (Å²) in [5.74, 6) is 1.55. The fourth-order valence-electron chi connectivity index (χ4n) is 1.74. The molecule has 0 radical (unpaired) electrons. The molecule has 1 rings (SSSR count). The molecule has 0 fully saturated rings. The molecule has 16 heavy (non-hydrogen) atoms. The number of hydrogen-bond acceptors (Lipinski definition) is 4. The van der Waals surface area contributed by atoms with Gasteiger partial charge < -0.3 is 10.4 Å². The van der Waals surface area contributed by atoms with Crippen LogP contribution in [0.5, 0.6) is 0 Å². The van der Waals surface area contributed by atoms with Crippen LogP contribution in [0.2, 0.25) is 0 Å². The molecule has 1 aromatic heterocycles. The van der Waals surface area contributed by atoms with E-state index in [1.807, 2.05) is 19.9 Å². The van der Waals surface area contributed by atoms with Crippen LogP contribution in [0.1, 0.15) is 38.2 Å². The van der Waals surface area contributed by atoms with Gasteiger partial charge in [0, 0.05) is 11.8 Å². The average Bonchev–Trinajstić information content (AvgIpc) is 2.25. The average molecular weight is 223 g/mol. The lowest BCUT2D eigenvalue weighted by Gasteiger charge is -2.31. The lowest BCUT2D eigenvalue weighted by molar-refractivity contribution is 0.202. The molecule has 0 aliphatic carbocycles. The highest BCUT2D eigenvalue weighted by molar-refractivity contribution is 5.39. The predicted octanol–water partition coefficient (Wildman–Crippen LogP) is 2.06. The van der Waals surface area contributed by atoms with E-state index in [-0.39, 0.29) is 12.1 Å². The second-order valence-electron chi connectivity index (χ2n) is 4.21. The van der Waals surface area contributed by atoms with Crippen LogP contribution in [-0.2, 0) is 0 Å². The third kappa shape index (κ3) is 2.92. The molecule has 0 saturated heterocycles. The maximum atomic E-state index is 9.47. The van der Waals surface area contributed by atoms with Gasteiger partial charge in [0.15, 0.2) is 0 Å². The number of anilines is 1. The first-order chi connectivity index (χ1) is 7.55. The van der Waals surface area contributed by atoms with Crippen molar-refractivity contribution < 1.29 is 5.11 Å². The highest BCUT2D eigenvalue weighted by Crippen LogP contribution is 2.20. The molecule has 0 amide bonds. The van der Waals surface area contributed by atoms with Crippen molar-refractivity contribution in [2.24, 2.45) is 0 Å². The van der Waals surface area contributed by atoms with E-state index in [0.717, 1.165) is 30.2 Å². The SMILES string of the molecule is CCC(CC)(CO)Nc1cc(C)nc(C)n1. The first-order valence-electron chi connectivity index (χ1n) is 5.76. The summed E-state index contributed by atoms with van der Waals surface area (Å²) in [5.41, 5.74) is 0.668. The van der Waals surface area contributed by atoms with Crippen molar-refractivity contribution in [3.63, 3.8) is 0 Å². The summed E-state index contributed by atoms with van der Waals surface area (Å²) < 4.78 is 0. The molecule has 0 aliphatic rings. The van der Waals surface area contributed by atoms with E-state index < -0.39 is 0 Å². The molecular formula is C12H21N3O. The number of rotatable bonds is 5. The van der Waals surface area contributed by atoms with Gasteiger partial charge in [0.1, 0.15) is 11.6 Å². The van der Waals surface area contributed by atoms with E-state index in [1.54, 1.807) is 0 Å². The Hall–Kier alpha value is -1.16. The smallest absolute Gasteiger partial charge is 0.130 e. The number of aryl methyl sites for hydroxylation is 2. The minimum atomic E-state index is -0.271. The quantitative estimate of drug-likeness (QED) is 0.802. The third-order valence-corrected chi connectivity index (χ3v) is 3.02. The molecule has 4 heteroatoms. The van der Waals surface area contributed by atoms with E-state index in [2.05, 4.69) is 29.1 Å². The van der Waals surface area contributed by atoms with Crippen LogP contribution < -0.4 is 5.32 Å². The highest BCUT2D eigenvalue weighted by atomic mass is 16.3. The Morgan fingerprint density at radius 2 is 1.88 bits per heavy atom. The van der Waals surface area contributed by atoms with E-state index in [1.165, 1.54) is 0 Å². The van der Waals surface area contributed by atoms with Gasteiger partial charge in [0.2, 0.25) is 0 Å². The number of aromatic nitrogens is 2. The summed E-state index contributed by atoms with van der Waals surface area (Å²) in [5, 5.41) is 12.8. The van der Waals surface area contributed by atoms with Crippen molar-refractivity contribution in [2.45, 2.75) is 46.1 Å². The van der Waals surface area contributed by atoms with Crippen molar-refractivity contribution in [3.05, 3.63) is 17.6 Å². The summed E-state index contributed by atoms with van der Waals surface area (Å²) in [7, 11) is 0. The Morgan fingerprint density at radius 1 is 1.25 bits per heavy atom. The number of aliphatic hydroxyl groups is 1. The zero-order chi connectivity index (χ0) is 12.2. The Morgan fingerprint density at radius 3 is 2.31 bits per heavy atom. The molecule has 4 nitrogen and oxygen atoms in total. The molecule has 0 bridgehead atoms. The predicted molar refractivity (Wildman–Crippen MR) is 65.5 cm³/mol. The van der Waals surface area contributed by atoms with Gasteiger partial charge in [-0.3, -0.25) is 0 Å². The lowest BCUT2D eigenvalue weighted by Crippen LogP contribution is -2.41. The van der Waals surface area contributed by atoms with Crippen molar-refractivity contribution in [1.82, 2.24) is 9.97 Å². The largest absolute Gasteiger partial charge is 0.394 e. The van der Waals surface area contributed by atoms with Gasteiger partial charge in [-0.2, -0.15) is 0 Å². The Kier molecular flexibility index (Phi) is 4.24. The molecule has 0 unspecified atom stereocenters. The topological polar surface area (TPSA) is 58.0 Å². The zero-order valence-electron chi connectivity index (χ0n) is 10.5. The molecule has 0 saturated carbocycles. The van der Waals surface area contributed by atoms with Gasteiger partial charge >= 0.3 is 0 Å². The van der Waals surface area contributed by atoms with E-state index >= 15 is 0 Å². The molecule has 1 aromatic rings. The lowest BCUT2D eigenvalue weighted by atomic mass is 9.94. The molecule has 1 heterocycles. The normalized spacial score (nSPS) is 11.6. The van der Waals surface area contributed by atoms with E-state index in [9.17, 15) is 5.11 Å². The Balaban J connectivity index is 2.93. The third-order valence-electron chi connectivity index (χ3n) is 3.02. The van der Waals surface area contributed by atoms with Crippen LogP contribution in [0.4, 0.5) is 5.82 Å². The van der Waals surface area contributed by atoms with Crippen LogP contribution in [0, 0.1) is 13.8 Å². The number of nitrogens with zero attached hydrogens (tertiary/aromatic N) is 2. The number of aliphatic hydroxyl groups excluding tert-OH is 1. The molecule has 0 aliphatic heterocycles. The van der Waals surface area contributed by atoms with Crippen LogP contribution >= 0.6 is 0 Å². The fraction of sp³-hybridized carbons (Fsp3) is 0.667. The van der Waals surface area contributed by atoms with E-state index in [4.69, 9.17) is 0 Å². The van der Waals surface area contributed by atoms with Crippen molar-refractivity contribution in [3.8, 4) is 0 Å². The van der Waals surface area contributed by atoms with Gasteiger partial charge in [-0.15, -0.1) is 0 Å². The van der Waals surface area contributed by atoms with Gasteiger partial charge in [-0.1, -0.05) is 13.8 Å². The highest BCUT2D eigenvalue weighted by Gasteiger charge is 2.25. The van der Waals surface area contributed by atoms with Crippen LogP contribution in [0.25, 0.3) is 0 Å². The minimum absolute atomic E-state index is 0.113. The summed E-state index contributed by atoms with van der Waals surface area (Å²) in [6, 6.07) is 1.91. The Labute approximate surface area is 97.1 Å². The molecule has 0 atom stereocenters. The monoisotopic (exact) mass is 223 g/mol. The van der Waals surface area contributed by atoms with Gasteiger partial charge in [0.25, 0.3) is 0 Å². The zero-order valence-corrected chi connectivity index (χ0v) is 10.5. The molecule has 0 aromatic carbocycles. The second-order valence-corrected chi connectivity index (χ2v) is 4.21. The first-order valence-corrected chi connectivity index (χ1v) is 5.76. The summed E-state index contributed by atoms with van der Waals surface area (Å²) in [4.78, 5) is 8.56.